The van der Waals surface area contributed by atoms with Gasteiger partial charge in [0, 0.05) is 24.8 Å². The van der Waals surface area contributed by atoms with E-state index in [0.717, 1.165) is 26.2 Å². The maximum atomic E-state index is 4.21. The third-order valence-electron chi connectivity index (χ3n) is 2.61. The monoisotopic (exact) mass is 210 g/mol. The van der Waals surface area contributed by atoms with Gasteiger partial charge < -0.3 is 10.6 Å². The van der Waals surface area contributed by atoms with E-state index >= 15 is 0 Å². The lowest BCUT2D eigenvalue weighted by Crippen LogP contribution is -2.21. The lowest BCUT2D eigenvalue weighted by molar-refractivity contribution is 0.604. The molecule has 0 unspecified atom stereocenters. The Morgan fingerprint density at radius 1 is 1.33 bits per heavy atom. The number of hydrogen-bond acceptors (Lipinski definition) is 3. The summed E-state index contributed by atoms with van der Waals surface area (Å²) in [6.07, 6.45) is 3.11. The quantitative estimate of drug-likeness (QED) is 0.655. The Bertz CT molecular complexity index is 280. The van der Waals surface area contributed by atoms with E-state index in [4.69, 9.17) is 0 Å². The highest BCUT2D eigenvalue weighted by Gasteiger charge is 2.01. The molecule has 4 heteroatoms. The Morgan fingerprint density at radius 3 is 2.67 bits per heavy atom. The summed E-state index contributed by atoms with van der Waals surface area (Å²) >= 11 is 0. The number of hydrogen-bond donors (Lipinski definition) is 2. The first-order valence-electron chi connectivity index (χ1n) is 5.64. The first-order valence-corrected chi connectivity index (χ1v) is 5.64. The maximum absolute atomic E-state index is 4.21. The van der Waals surface area contributed by atoms with Gasteiger partial charge in [-0.3, -0.25) is 4.68 Å². The van der Waals surface area contributed by atoms with Gasteiger partial charge in [-0.1, -0.05) is 6.92 Å². The fourth-order valence-corrected chi connectivity index (χ4v) is 1.46. The second kappa shape index (κ2) is 6.58. The van der Waals surface area contributed by atoms with Crippen LogP contribution in [0.1, 0.15) is 24.6 Å². The van der Waals surface area contributed by atoms with Crippen LogP contribution < -0.4 is 10.6 Å². The normalized spacial score (nSPS) is 10.9. The molecule has 0 saturated carbocycles. The Balaban J connectivity index is 2.12. The zero-order valence-corrected chi connectivity index (χ0v) is 10.0. The SMILES string of the molecule is CCNCCCNCc1cnn(C)c1C. The van der Waals surface area contributed by atoms with E-state index < -0.39 is 0 Å². The first-order chi connectivity index (χ1) is 7.25. The molecule has 1 aromatic rings. The van der Waals surface area contributed by atoms with E-state index in [1.165, 1.54) is 17.7 Å². The van der Waals surface area contributed by atoms with Crippen molar-refractivity contribution in [2.45, 2.75) is 26.8 Å². The lowest BCUT2D eigenvalue weighted by Gasteiger charge is -2.04. The van der Waals surface area contributed by atoms with Crippen LogP contribution in [-0.2, 0) is 13.6 Å². The largest absolute Gasteiger partial charge is 0.317 e. The summed E-state index contributed by atoms with van der Waals surface area (Å²) in [4.78, 5) is 0. The van der Waals surface area contributed by atoms with Crippen LogP contribution in [0.2, 0.25) is 0 Å². The lowest BCUT2D eigenvalue weighted by atomic mass is 10.2. The molecule has 1 aromatic heterocycles. The Kier molecular flexibility index (Phi) is 5.36. The summed E-state index contributed by atoms with van der Waals surface area (Å²) in [5.41, 5.74) is 2.54. The van der Waals surface area contributed by atoms with Crippen LogP contribution >= 0.6 is 0 Å². The average Bonchev–Trinajstić information content (AvgIpc) is 2.54. The zero-order chi connectivity index (χ0) is 11.1. The third-order valence-corrected chi connectivity index (χ3v) is 2.61. The summed E-state index contributed by atoms with van der Waals surface area (Å²) in [6.45, 7) is 8.36. The first kappa shape index (κ1) is 12.2. The molecule has 15 heavy (non-hydrogen) atoms. The molecular weight excluding hydrogens is 188 g/mol. The molecule has 1 rings (SSSR count). The molecule has 0 atom stereocenters. The number of nitrogens with zero attached hydrogens (tertiary/aromatic N) is 2. The minimum absolute atomic E-state index is 0.922. The van der Waals surface area contributed by atoms with E-state index in [1.54, 1.807) is 0 Å². The van der Waals surface area contributed by atoms with Crippen LogP contribution in [0.25, 0.3) is 0 Å². The van der Waals surface area contributed by atoms with Gasteiger partial charge in [0.15, 0.2) is 0 Å². The minimum Gasteiger partial charge on any atom is -0.317 e. The summed E-state index contributed by atoms with van der Waals surface area (Å²) in [5, 5.41) is 10.9. The predicted octanol–water partition coefficient (Wildman–Crippen LogP) is 0.818. The molecule has 2 N–H and O–H groups in total. The molecule has 86 valence electrons. The molecule has 0 aromatic carbocycles. The topological polar surface area (TPSA) is 41.9 Å². The van der Waals surface area contributed by atoms with Crippen molar-refractivity contribution in [3.05, 3.63) is 17.5 Å². The van der Waals surface area contributed by atoms with E-state index in [-0.39, 0.29) is 0 Å². The van der Waals surface area contributed by atoms with E-state index in [0.29, 0.717) is 0 Å². The molecule has 4 nitrogen and oxygen atoms in total. The van der Waals surface area contributed by atoms with Crippen LogP contribution in [0.15, 0.2) is 6.20 Å². The van der Waals surface area contributed by atoms with Gasteiger partial charge in [-0.25, -0.2) is 0 Å². The van der Waals surface area contributed by atoms with Crippen molar-refractivity contribution in [2.75, 3.05) is 19.6 Å². The molecule has 0 aliphatic heterocycles. The predicted molar refractivity (Wildman–Crippen MR) is 62.8 cm³/mol. The van der Waals surface area contributed by atoms with E-state index in [2.05, 4.69) is 29.6 Å². The van der Waals surface area contributed by atoms with Gasteiger partial charge in [-0.15, -0.1) is 0 Å². The summed E-state index contributed by atoms with van der Waals surface area (Å²) in [5.74, 6) is 0. The summed E-state index contributed by atoms with van der Waals surface area (Å²) in [6, 6.07) is 0. The molecular formula is C11H22N4. The van der Waals surface area contributed by atoms with Gasteiger partial charge in [0.05, 0.1) is 6.20 Å². The van der Waals surface area contributed by atoms with Crippen LogP contribution in [0.4, 0.5) is 0 Å². The average molecular weight is 210 g/mol. The Labute approximate surface area is 92.1 Å². The van der Waals surface area contributed by atoms with Crippen molar-refractivity contribution in [3.8, 4) is 0 Å². The molecule has 0 saturated heterocycles. The molecule has 0 fully saturated rings. The second-order valence-electron chi connectivity index (χ2n) is 3.76. The van der Waals surface area contributed by atoms with Crippen molar-refractivity contribution in [2.24, 2.45) is 7.05 Å². The van der Waals surface area contributed by atoms with Gasteiger partial charge in [0.25, 0.3) is 0 Å². The molecule has 0 amide bonds. The van der Waals surface area contributed by atoms with Crippen LogP contribution in [0, 0.1) is 6.92 Å². The minimum atomic E-state index is 0.922. The molecule has 1 heterocycles. The molecule has 0 bridgehead atoms. The van der Waals surface area contributed by atoms with E-state index in [9.17, 15) is 0 Å². The highest BCUT2D eigenvalue weighted by molar-refractivity contribution is 5.15. The Hall–Kier alpha value is -0.870. The molecule has 0 aliphatic rings. The van der Waals surface area contributed by atoms with Crippen LogP contribution in [0.5, 0.6) is 0 Å². The highest BCUT2D eigenvalue weighted by atomic mass is 15.3. The number of rotatable bonds is 7. The van der Waals surface area contributed by atoms with Crippen molar-refractivity contribution in [1.82, 2.24) is 20.4 Å². The van der Waals surface area contributed by atoms with Gasteiger partial charge in [-0.2, -0.15) is 5.10 Å². The number of nitrogens with one attached hydrogen (secondary N) is 2. The van der Waals surface area contributed by atoms with Crippen molar-refractivity contribution >= 4 is 0 Å². The van der Waals surface area contributed by atoms with E-state index in [1.807, 2.05) is 17.9 Å². The number of aryl methyl sites for hydroxylation is 1. The highest BCUT2D eigenvalue weighted by Crippen LogP contribution is 2.04. The Morgan fingerprint density at radius 2 is 2.07 bits per heavy atom. The van der Waals surface area contributed by atoms with Crippen molar-refractivity contribution in [3.63, 3.8) is 0 Å². The van der Waals surface area contributed by atoms with Crippen molar-refractivity contribution in [1.29, 1.82) is 0 Å². The smallest absolute Gasteiger partial charge is 0.0537 e. The molecule has 0 spiro atoms. The molecule has 0 aliphatic carbocycles. The van der Waals surface area contributed by atoms with Gasteiger partial charge >= 0.3 is 0 Å². The standard InChI is InChI=1S/C11H22N4/c1-4-12-6-5-7-13-8-11-9-14-15(3)10(11)2/h9,12-13H,4-8H2,1-3H3. The van der Waals surface area contributed by atoms with Gasteiger partial charge in [0.2, 0.25) is 0 Å². The van der Waals surface area contributed by atoms with Crippen molar-refractivity contribution < 1.29 is 0 Å². The second-order valence-corrected chi connectivity index (χ2v) is 3.76. The van der Waals surface area contributed by atoms with Crippen LogP contribution in [0.3, 0.4) is 0 Å². The maximum Gasteiger partial charge on any atom is 0.0537 e. The van der Waals surface area contributed by atoms with Gasteiger partial charge in [-0.05, 0) is 33.0 Å². The van der Waals surface area contributed by atoms with Gasteiger partial charge in [0.1, 0.15) is 0 Å². The summed E-state index contributed by atoms with van der Waals surface area (Å²) in [7, 11) is 1.98. The third kappa shape index (κ3) is 4.01. The summed E-state index contributed by atoms with van der Waals surface area (Å²) < 4.78 is 1.91. The zero-order valence-electron chi connectivity index (χ0n) is 10.0. The molecule has 0 radical (unpaired) electrons. The number of aromatic nitrogens is 2. The van der Waals surface area contributed by atoms with Crippen LogP contribution in [-0.4, -0.2) is 29.4 Å². The fourth-order valence-electron chi connectivity index (χ4n) is 1.46. The fraction of sp³-hybridized carbons (Fsp3) is 0.727.